The van der Waals surface area contributed by atoms with Gasteiger partial charge in [0.2, 0.25) is 5.91 Å². The lowest BCUT2D eigenvalue weighted by molar-refractivity contribution is -0.124. The number of amides is 1. The van der Waals surface area contributed by atoms with E-state index in [0.717, 1.165) is 18.5 Å². The van der Waals surface area contributed by atoms with Gasteiger partial charge in [0.05, 0.1) is 6.04 Å². The van der Waals surface area contributed by atoms with Crippen LogP contribution in [0.1, 0.15) is 12.0 Å². The van der Waals surface area contributed by atoms with Crippen LogP contribution in [0.25, 0.3) is 0 Å². The maximum absolute atomic E-state index is 11.4. The average molecular weight is 193 g/mol. The summed E-state index contributed by atoms with van der Waals surface area (Å²) in [5.41, 5.74) is 1.14. The minimum atomic E-state index is 0.0405. The lowest BCUT2D eigenvalue weighted by atomic mass is 10.1. The zero-order valence-electron chi connectivity index (χ0n) is 8.29. The highest BCUT2D eigenvalue weighted by Gasteiger charge is 2.23. The van der Waals surface area contributed by atoms with Crippen LogP contribution >= 0.6 is 0 Å². The van der Waals surface area contributed by atoms with Gasteiger partial charge >= 0.3 is 0 Å². The quantitative estimate of drug-likeness (QED) is 0.710. The first-order valence-corrected chi connectivity index (χ1v) is 4.87. The molecule has 1 saturated heterocycles. The summed E-state index contributed by atoms with van der Waals surface area (Å²) in [5, 5.41) is 5.97. The molecule has 4 heteroatoms. The second kappa shape index (κ2) is 3.84. The largest absolute Gasteiger partial charge is 0.357 e. The predicted molar refractivity (Wildman–Crippen MR) is 53.7 cm³/mol. The number of rotatable bonds is 3. The minimum absolute atomic E-state index is 0.0405. The van der Waals surface area contributed by atoms with Crippen LogP contribution in [0, 0.1) is 0 Å². The Morgan fingerprint density at radius 3 is 3.07 bits per heavy atom. The van der Waals surface area contributed by atoms with Crippen molar-refractivity contribution in [2.24, 2.45) is 7.05 Å². The third-order valence-electron chi connectivity index (χ3n) is 2.50. The third kappa shape index (κ3) is 1.96. The average Bonchev–Trinajstić information content (AvgIpc) is 2.45. The fourth-order valence-corrected chi connectivity index (χ4v) is 1.49. The first-order valence-electron chi connectivity index (χ1n) is 4.87. The van der Waals surface area contributed by atoms with Gasteiger partial charge < -0.3 is 15.2 Å². The van der Waals surface area contributed by atoms with Crippen molar-refractivity contribution in [1.29, 1.82) is 0 Å². The number of hydrogen-bond donors (Lipinski definition) is 2. The molecule has 1 aromatic heterocycles. The smallest absolute Gasteiger partial charge is 0.237 e. The van der Waals surface area contributed by atoms with E-state index in [1.165, 1.54) is 0 Å². The van der Waals surface area contributed by atoms with Gasteiger partial charge in [-0.25, -0.2) is 0 Å². The van der Waals surface area contributed by atoms with Crippen LogP contribution in [0.5, 0.6) is 0 Å². The molecule has 0 saturated carbocycles. The molecule has 0 radical (unpaired) electrons. The van der Waals surface area contributed by atoms with Crippen LogP contribution in [-0.2, 0) is 18.4 Å². The Balaban J connectivity index is 1.79. The SMILES string of the molecule is Cn1ccc(CNC(=O)C2CCN2)c1. The fraction of sp³-hybridized carbons (Fsp3) is 0.500. The van der Waals surface area contributed by atoms with Crippen molar-refractivity contribution in [3.05, 3.63) is 24.0 Å². The highest BCUT2D eigenvalue weighted by atomic mass is 16.2. The number of carbonyl (C=O) groups is 1. The molecule has 76 valence electrons. The van der Waals surface area contributed by atoms with E-state index in [1.54, 1.807) is 0 Å². The van der Waals surface area contributed by atoms with Gasteiger partial charge in [-0.15, -0.1) is 0 Å². The molecule has 1 amide bonds. The summed E-state index contributed by atoms with van der Waals surface area (Å²) >= 11 is 0. The van der Waals surface area contributed by atoms with E-state index in [1.807, 2.05) is 30.1 Å². The van der Waals surface area contributed by atoms with Gasteiger partial charge in [-0.3, -0.25) is 4.79 Å². The summed E-state index contributed by atoms with van der Waals surface area (Å²) in [6.07, 6.45) is 4.94. The Kier molecular flexibility index (Phi) is 2.54. The van der Waals surface area contributed by atoms with Crippen LogP contribution < -0.4 is 10.6 Å². The van der Waals surface area contributed by atoms with E-state index in [4.69, 9.17) is 0 Å². The molecule has 0 aliphatic carbocycles. The Morgan fingerprint density at radius 2 is 2.57 bits per heavy atom. The summed E-state index contributed by atoms with van der Waals surface area (Å²) in [5.74, 6) is 0.111. The summed E-state index contributed by atoms with van der Waals surface area (Å²) in [7, 11) is 1.97. The third-order valence-corrected chi connectivity index (χ3v) is 2.50. The van der Waals surface area contributed by atoms with Gasteiger partial charge in [0.25, 0.3) is 0 Å². The first-order chi connectivity index (χ1) is 6.75. The zero-order valence-corrected chi connectivity index (χ0v) is 8.29. The molecule has 1 aliphatic heterocycles. The van der Waals surface area contributed by atoms with Crippen molar-refractivity contribution in [1.82, 2.24) is 15.2 Å². The Labute approximate surface area is 83.3 Å². The molecule has 1 atom stereocenters. The topological polar surface area (TPSA) is 46.1 Å². The highest BCUT2D eigenvalue weighted by Crippen LogP contribution is 2.03. The van der Waals surface area contributed by atoms with Crippen LogP contribution in [0.15, 0.2) is 18.5 Å². The summed E-state index contributed by atoms with van der Waals surface area (Å²) < 4.78 is 1.98. The number of nitrogens with one attached hydrogen (secondary N) is 2. The monoisotopic (exact) mass is 193 g/mol. The molecule has 1 unspecified atom stereocenters. The number of aromatic nitrogens is 1. The Morgan fingerprint density at radius 1 is 1.79 bits per heavy atom. The van der Waals surface area contributed by atoms with Crippen LogP contribution in [0.3, 0.4) is 0 Å². The molecule has 14 heavy (non-hydrogen) atoms. The van der Waals surface area contributed by atoms with E-state index in [-0.39, 0.29) is 11.9 Å². The number of hydrogen-bond acceptors (Lipinski definition) is 2. The van der Waals surface area contributed by atoms with E-state index < -0.39 is 0 Å². The molecule has 0 bridgehead atoms. The van der Waals surface area contributed by atoms with Gasteiger partial charge in [-0.05, 0) is 24.6 Å². The lowest BCUT2D eigenvalue weighted by Crippen LogP contribution is -2.52. The van der Waals surface area contributed by atoms with E-state index in [0.29, 0.717) is 6.54 Å². The summed E-state index contributed by atoms with van der Waals surface area (Å²) in [6, 6.07) is 2.05. The molecule has 0 aromatic carbocycles. The van der Waals surface area contributed by atoms with Crippen molar-refractivity contribution in [3.63, 3.8) is 0 Å². The van der Waals surface area contributed by atoms with Crippen molar-refractivity contribution < 1.29 is 4.79 Å². The highest BCUT2D eigenvalue weighted by molar-refractivity contribution is 5.82. The van der Waals surface area contributed by atoms with Crippen LogP contribution in [-0.4, -0.2) is 23.1 Å². The molecular formula is C10H15N3O. The summed E-state index contributed by atoms with van der Waals surface area (Å²) in [6.45, 7) is 1.58. The molecule has 1 aliphatic rings. The molecule has 1 fully saturated rings. The Hall–Kier alpha value is -1.29. The maximum atomic E-state index is 11.4. The van der Waals surface area contributed by atoms with E-state index in [9.17, 15) is 4.79 Å². The van der Waals surface area contributed by atoms with Crippen molar-refractivity contribution in [2.75, 3.05) is 6.54 Å². The Bertz CT molecular complexity index is 328. The molecule has 2 N–H and O–H groups in total. The van der Waals surface area contributed by atoms with Crippen molar-refractivity contribution >= 4 is 5.91 Å². The second-order valence-electron chi connectivity index (χ2n) is 3.70. The van der Waals surface area contributed by atoms with Crippen LogP contribution in [0.4, 0.5) is 0 Å². The van der Waals surface area contributed by atoms with Gasteiger partial charge in [0.15, 0.2) is 0 Å². The molecular weight excluding hydrogens is 178 g/mol. The number of carbonyl (C=O) groups excluding carboxylic acids is 1. The first kappa shape index (κ1) is 9.27. The van der Waals surface area contributed by atoms with Crippen molar-refractivity contribution in [3.8, 4) is 0 Å². The fourth-order valence-electron chi connectivity index (χ4n) is 1.49. The number of aryl methyl sites for hydroxylation is 1. The van der Waals surface area contributed by atoms with Gasteiger partial charge in [-0.1, -0.05) is 0 Å². The van der Waals surface area contributed by atoms with E-state index in [2.05, 4.69) is 10.6 Å². The molecule has 1 aromatic rings. The number of nitrogens with zero attached hydrogens (tertiary/aromatic N) is 1. The standard InChI is InChI=1S/C10H15N3O/c1-13-5-3-8(7-13)6-12-10(14)9-2-4-11-9/h3,5,7,9,11H,2,4,6H2,1H3,(H,12,14). The predicted octanol–water partition coefficient (Wildman–Crippen LogP) is 0.00320. The second-order valence-corrected chi connectivity index (χ2v) is 3.70. The molecule has 4 nitrogen and oxygen atoms in total. The van der Waals surface area contributed by atoms with Crippen LogP contribution in [0.2, 0.25) is 0 Å². The lowest BCUT2D eigenvalue weighted by Gasteiger charge is -2.26. The summed E-state index contributed by atoms with van der Waals surface area (Å²) in [4.78, 5) is 11.4. The normalized spacial score (nSPS) is 20.2. The van der Waals surface area contributed by atoms with Gasteiger partial charge in [0.1, 0.15) is 0 Å². The zero-order chi connectivity index (χ0) is 9.97. The maximum Gasteiger partial charge on any atom is 0.237 e. The molecule has 2 rings (SSSR count). The van der Waals surface area contributed by atoms with Gasteiger partial charge in [-0.2, -0.15) is 0 Å². The molecule has 2 heterocycles. The van der Waals surface area contributed by atoms with Crippen molar-refractivity contribution in [2.45, 2.75) is 19.0 Å². The van der Waals surface area contributed by atoms with E-state index >= 15 is 0 Å². The molecule has 0 spiro atoms. The van der Waals surface area contributed by atoms with Gasteiger partial charge in [0, 0.05) is 26.0 Å². The minimum Gasteiger partial charge on any atom is -0.357 e.